The molecule has 2 aliphatic heterocycles. The van der Waals surface area contributed by atoms with Gasteiger partial charge in [-0.2, -0.15) is 0 Å². The van der Waals surface area contributed by atoms with E-state index < -0.39 is 0 Å². The second-order valence-corrected chi connectivity index (χ2v) is 8.03. The maximum atomic E-state index is 13.1. The van der Waals surface area contributed by atoms with Crippen LogP contribution < -0.4 is 15.4 Å². The minimum atomic E-state index is -0.375. The van der Waals surface area contributed by atoms with Crippen LogP contribution in [-0.4, -0.2) is 42.6 Å². The number of likely N-dealkylation sites (tertiary alicyclic amines) is 1. The summed E-state index contributed by atoms with van der Waals surface area (Å²) in [7, 11) is 1.65. The van der Waals surface area contributed by atoms with Crippen molar-refractivity contribution in [2.24, 2.45) is 0 Å². The number of para-hydroxylation sites is 1. The Morgan fingerprint density at radius 3 is 2.53 bits per heavy atom. The molecule has 1 spiro atoms. The van der Waals surface area contributed by atoms with Gasteiger partial charge in [0.25, 0.3) is 0 Å². The van der Waals surface area contributed by atoms with Gasteiger partial charge in [0.1, 0.15) is 17.2 Å². The van der Waals surface area contributed by atoms with Gasteiger partial charge in [0.05, 0.1) is 0 Å². The Morgan fingerprint density at radius 1 is 1.13 bits per heavy atom. The van der Waals surface area contributed by atoms with Crippen molar-refractivity contribution in [3.05, 3.63) is 59.9 Å². The van der Waals surface area contributed by atoms with Crippen LogP contribution in [0.4, 0.5) is 14.9 Å². The first kappa shape index (κ1) is 20.2. The monoisotopic (exact) mass is 411 g/mol. The zero-order valence-electron chi connectivity index (χ0n) is 17.0. The van der Waals surface area contributed by atoms with Gasteiger partial charge in [-0.1, -0.05) is 18.2 Å². The smallest absolute Gasteiger partial charge is 0.321 e. The summed E-state index contributed by atoms with van der Waals surface area (Å²) in [5.74, 6) is 0.605. The van der Waals surface area contributed by atoms with Crippen LogP contribution in [0.5, 0.6) is 5.75 Å². The van der Waals surface area contributed by atoms with Gasteiger partial charge in [-0.05, 0) is 42.3 Å². The second kappa shape index (κ2) is 8.34. The summed E-state index contributed by atoms with van der Waals surface area (Å²) < 4.78 is 19.5. The summed E-state index contributed by atoms with van der Waals surface area (Å²) in [6.07, 6.45) is 2.57. The number of hydrogen-bond donors (Lipinski definition) is 2. The maximum absolute atomic E-state index is 13.1. The Kier molecular flexibility index (Phi) is 5.61. The first-order valence-corrected chi connectivity index (χ1v) is 10.3. The van der Waals surface area contributed by atoms with Crippen LogP contribution >= 0.6 is 0 Å². The number of nitrogens with zero attached hydrogens (tertiary/aromatic N) is 1. The third kappa shape index (κ3) is 4.25. The van der Waals surface area contributed by atoms with Crippen LogP contribution in [0, 0.1) is 5.82 Å². The van der Waals surface area contributed by atoms with Crippen molar-refractivity contribution in [3.8, 4) is 5.75 Å². The average molecular weight is 411 g/mol. The molecule has 30 heavy (non-hydrogen) atoms. The molecule has 2 N–H and O–H groups in total. The van der Waals surface area contributed by atoms with Gasteiger partial charge in [0, 0.05) is 51.0 Å². The summed E-state index contributed by atoms with van der Waals surface area (Å²) in [5, 5.41) is 5.53. The fourth-order valence-electron chi connectivity index (χ4n) is 4.41. The van der Waals surface area contributed by atoms with Crippen molar-refractivity contribution in [1.29, 1.82) is 0 Å². The van der Waals surface area contributed by atoms with Crippen molar-refractivity contribution in [2.45, 2.75) is 37.2 Å². The number of ether oxygens (including phenoxy) is 1. The van der Waals surface area contributed by atoms with E-state index in [1.165, 1.54) is 12.1 Å². The molecule has 0 bridgehead atoms. The van der Waals surface area contributed by atoms with Gasteiger partial charge >= 0.3 is 6.03 Å². The number of nitrogens with one attached hydrogen (secondary N) is 2. The lowest BCUT2D eigenvalue weighted by Crippen LogP contribution is -2.52. The number of carbonyl (C=O) groups is 2. The number of halogens is 1. The van der Waals surface area contributed by atoms with Crippen molar-refractivity contribution < 1.29 is 18.7 Å². The van der Waals surface area contributed by atoms with E-state index in [-0.39, 0.29) is 29.3 Å². The minimum Gasteiger partial charge on any atom is -0.487 e. The third-order valence-electron chi connectivity index (χ3n) is 6.07. The lowest BCUT2D eigenvalue weighted by molar-refractivity contribution is -0.121. The van der Waals surface area contributed by atoms with Gasteiger partial charge in [-0.3, -0.25) is 4.79 Å². The van der Waals surface area contributed by atoms with Crippen LogP contribution in [-0.2, 0) is 4.79 Å². The molecule has 2 aromatic rings. The molecular formula is C23H26FN3O3. The van der Waals surface area contributed by atoms with E-state index >= 15 is 0 Å². The fourth-order valence-corrected chi connectivity index (χ4v) is 4.41. The van der Waals surface area contributed by atoms with Crippen LogP contribution in [0.1, 0.15) is 37.2 Å². The van der Waals surface area contributed by atoms with Crippen LogP contribution in [0.3, 0.4) is 0 Å². The van der Waals surface area contributed by atoms with E-state index in [1.54, 1.807) is 24.1 Å². The van der Waals surface area contributed by atoms with Crippen molar-refractivity contribution in [3.63, 3.8) is 0 Å². The number of anilines is 1. The van der Waals surface area contributed by atoms with Gasteiger partial charge in [-0.25, -0.2) is 9.18 Å². The summed E-state index contributed by atoms with van der Waals surface area (Å²) in [6, 6.07) is 13.4. The van der Waals surface area contributed by atoms with Crippen molar-refractivity contribution in [2.75, 3.05) is 25.5 Å². The normalized spacial score (nSPS) is 19.5. The van der Waals surface area contributed by atoms with Gasteiger partial charge in [0.2, 0.25) is 5.91 Å². The lowest BCUT2D eigenvalue weighted by atomic mass is 9.76. The van der Waals surface area contributed by atoms with E-state index in [9.17, 15) is 14.0 Å². The predicted octanol–water partition coefficient (Wildman–Crippen LogP) is 3.89. The highest BCUT2D eigenvalue weighted by Crippen LogP contribution is 2.46. The molecular weight excluding hydrogens is 385 g/mol. The first-order chi connectivity index (χ1) is 14.5. The van der Waals surface area contributed by atoms with E-state index in [0.29, 0.717) is 38.0 Å². The van der Waals surface area contributed by atoms with E-state index in [1.807, 2.05) is 24.3 Å². The number of carbonyl (C=O) groups excluding carboxylic acids is 2. The maximum Gasteiger partial charge on any atom is 0.321 e. The standard InChI is InChI=1S/C23H26FN3O3/c1-25-21(28)14-16-15-23(30-20-5-3-2-4-19(16)20)10-12-27(13-11-23)22(29)26-18-8-6-17(24)7-9-18/h2-9,16H,10-15H2,1H3,(H,25,28)(H,26,29). The SMILES string of the molecule is CNC(=O)CC1CC2(CCN(C(=O)Nc3ccc(F)cc3)CC2)Oc2ccccc21. The number of rotatable bonds is 3. The number of urea groups is 1. The highest BCUT2D eigenvalue weighted by atomic mass is 19.1. The van der Waals surface area contributed by atoms with E-state index in [4.69, 9.17) is 4.74 Å². The zero-order valence-corrected chi connectivity index (χ0v) is 17.0. The molecule has 1 atom stereocenters. The second-order valence-electron chi connectivity index (χ2n) is 8.03. The highest BCUT2D eigenvalue weighted by Gasteiger charge is 2.44. The average Bonchev–Trinajstić information content (AvgIpc) is 2.75. The van der Waals surface area contributed by atoms with Crippen LogP contribution in [0.15, 0.2) is 48.5 Å². The topological polar surface area (TPSA) is 70.7 Å². The van der Waals surface area contributed by atoms with Gasteiger partial charge in [0.15, 0.2) is 0 Å². The Bertz CT molecular complexity index is 924. The number of hydrogen-bond acceptors (Lipinski definition) is 3. The number of piperidine rings is 1. The number of benzene rings is 2. The quantitative estimate of drug-likeness (QED) is 0.805. The molecule has 1 unspecified atom stereocenters. The molecule has 0 aromatic heterocycles. The predicted molar refractivity (Wildman–Crippen MR) is 112 cm³/mol. The molecule has 158 valence electrons. The van der Waals surface area contributed by atoms with Gasteiger partial charge in [-0.15, -0.1) is 0 Å². The molecule has 1 fully saturated rings. The molecule has 4 rings (SSSR count). The molecule has 0 radical (unpaired) electrons. The summed E-state index contributed by atoms with van der Waals surface area (Å²) in [4.78, 5) is 26.4. The summed E-state index contributed by atoms with van der Waals surface area (Å²) in [6.45, 7) is 1.11. The third-order valence-corrected chi connectivity index (χ3v) is 6.07. The molecule has 0 aliphatic carbocycles. The van der Waals surface area contributed by atoms with Crippen molar-refractivity contribution in [1.82, 2.24) is 10.2 Å². The Balaban J connectivity index is 1.43. The van der Waals surface area contributed by atoms with E-state index in [0.717, 1.165) is 17.7 Å². The van der Waals surface area contributed by atoms with Crippen LogP contribution in [0.25, 0.3) is 0 Å². The molecule has 3 amide bonds. The molecule has 2 aromatic carbocycles. The molecule has 2 aliphatic rings. The minimum absolute atomic E-state index is 0.0166. The summed E-state index contributed by atoms with van der Waals surface area (Å²) in [5.41, 5.74) is 1.26. The van der Waals surface area contributed by atoms with Crippen molar-refractivity contribution >= 4 is 17.6 Å². The Morgan fingerprint density at radius 2 is 1.83 bits per heavy atom. The Hall–Kier alpha value is -3.09. The Labute approximate surface area is 175 Å². The highest BCUT2D eigenvalue weighted by molar-refractivity contribution is 5.89. The largest absolute Gasteiger partial charge is 0.487 e. The number of amides is 3. The van der Waals surface area contributed by atoms with Crippen LogP contribution in [0.2, 0.25) is 0 Å². The zero-order chi connectivity index (χ0) is 21.1. The fraction of sp³-hybridized carbons (Fsp3) is 0.391. The molecule has 1 saturated heterocycles. The molecule has 7 heteroatoms. The van der Waals surface area contributed by atoms with E-state index in [2.05, 4.69) is 10.6 Å². The number of fused-ring (bicyclic) bond motifs is 1. The lowest BCUT2D eigenvalue weighted by Gasteiger charge is -2.46. The van der Waals surface area contributed by atoms with Gasteiger partial charge < -0.3 is 20.3 Å². The summed E-state index contributed by atoms with van der Waals surface area (Å²) >= 11 is 0. The molecule has 2 heterocycles. The first-order valence-electron chi connectivity index (χ1n) is 10.3. The molecule has 0 saturated carbocycles. The molecule has 6 nitrogen and oxygen atoms in total.